The summed E-state index contributed by atoms with van der Waals surface area (Å²) in [5.41, 5.74) is 7.76. The zero-order valence-electron chi connectivity index (χ0n) is 14.0. The standard InChI is InChI=1S/C16H23N5O2/c1-21(2)16-14(17)15(19-10-20-16)18-8-7-11-5-6-12(22-3)13(9-11)23-4/h5-6,9-10H,7-8,17H2,1-4H3,(H,18,19,20). The van der Waals surface area contributed by atoms with Gasteiger partial charge in [0.1, 0.15) is 12.0 Å². The molecule has 0 unspecified atom stereocenters. The Bertz CT molecular complexity index is 661. The summed E-state index contributed by atoms with van der Waals surface area (Å²) in [5, 5.41) is 3.25. The number of rotatable bonds is 7. The maximum atomic E-state index is 6.08. The Morgan fingerprint density at radius 3 is 2.52 bits per heavy atom. The van der Waals surface area contributed by atoms with Gasteiger partial charge in [-0.15, -0.1) is 0 Å². The molecule has 0 atom stereocenters. The topological polar surface area (TPSA) is 85.5 Å². The van der Waals surface area contributed by atoms with Crippen LogP contribution in [0.4, 0.5) is 17.3 Å². The lowest BCUT2D eigenvalue weighted by atomic mass is 10.1. The molecule has 0 bridgehead atoms. The van der Waals surface area contributed by atoms with Crippen LogP contribution >= 0.6 is 0 Å². The van der Waals surface area contributed by atoms with Crippen molar-refractivity contribution in [3.63, 3.8) is 0 Å². The number of hydrogen-bond acceptors (Lipinski definition) is 7. The molecule has 1 aromatic heterocycles. The average molecular weight is 317 g/mol. The van der Waals surface area contributed by atoms with Gasteiger partial charge in [0.05, 0.1) is 14.2 Å². The Kier molecular flexibility index (Phi) is 5.46. The van der Waals surface area contributed by atoms with Gasteiger partial charge in [0, 0.05) is 20.6 Å². The van der Waals surface area contributed by atoms with E-state index in [1.165, 1.54) is 6.33 Å². The monoisotopic (exact) mass is 317 g/mol. The molecule has 0 spiro atoms. The van der Waals surface area contributed by atoms with Crippen molar-refractivity contribution in [1.29, 1.82) is 0 Å². The molecule has 0 saturated heterocycles. The molecule has 124 valence electrons. The van der Waals surface area contributed by atoms with Crippen LogP contribution in [0.1, 0.15) is 5.56 Å². The van der Waals surface area contributed by atoms with Crippen LogP contribution in [0.25, 0.3) is 0 Å². The first-order valence-corrected chi connectivity index (χ1v) is 7.29. The SMILES string of the molecule is COc1ccc(CCNc2ncnc(N(C)C)c2N)cc1OC. The number of anilines is 3. The summed E-state index contributed by atoms with van der Waals surface area (Å²) in [7, 11) is 7.04. The van der Waals surface area contributed by atoms with Crippen molar-refractivity contribution < 1.29 is 9.47 Å². The molecule has 0 amide bonds. The maximum absolute atomic E-state index is 6.08. The van der Waals surface area contributed by atoms with Gasteiger partial charge in [0.15, 0.2) is 23.1 Å². The Morgan fingerprint density at radius 1 is 1.13 bits per heavy atom. The van der Waals surface area contributed by atoms with Crippen molar-refractivity contribution >= 4 is 17.3 Å². The van der Waals surface area contributed by atoms with E-state index in [2.05, 4.69) is 15.3 Å². The molecule has 2 rings (SSSR count). The molecule has 1 aromatic carbocycles. The third-order valence-corrected chi connectivity index (χ3v) is 3.44. The van der Waals surface area contributed by atoms with Crippen LogP contribution < -0.4 is 25.4 Å². The summed E-state index contributed by atoms with van der Waals surface area (Å²) >= 11 is 0. The van der Waals surface area contributed by atoms with Gasteiger partial charge in [0.2, 0.25) is 0 Å². The molecule has 23 heavy (non-hydrogen) atoms. The first-order chi connectivity index (χ1) is 11.1. The van der Waals surface area contributed by atoms with Crippen LogP contribution in [0.2, 0.25) is 0 Å². The normalized spacial score (nSPS) is 10.3. The van der Waals surface area contributed by atoms with E-state index in [0.29, 0.717) is 23.9 Å². The molecule has 0 saturated carbocycles. The van der Waals surface area contributed by atoms with Gasteiger partial charge < -0.3 is 25.4 Å². The largest absolute Gasteiger partial charge is 0.493 e. The van der Waals surface area contributed by atoms with E-state index >= 15 is 0 Å². The fraction of sp³-hybridized carbons (Fsp3) is 0.375. The zero-order chi connectivity index (χ0) is 16.8. The minimum Gasteiger partial charge on any atom is -0.493 e. The van der Waals surface area contributed by atoms with E-state index < -0.39 is 0 Å². The van der Waals surface area contributed by atoms with Crippen LogP contribution in [0.3, 0.4) is 0 Å². The van der Waals surface area contributed by atoms with Gasteiger partial charge in [-0.05, 0) is 24.1 Å². The van der Waals surface area contributed by atoms with Gasteiger partial charge in [-0.1, -0.05) is 6.07 Å². The number of ether oxygens (including phenoxy) is 2. The van der Waals surface area contributed by atoms with Crippen molar-refractivity contribution in [3.8, 4) is 11.5 Å². The van der Waals surface area contributed by atoms with Crippen molar-refractivity contribution in [2.75, 3.05) is 50.8 Å². The predicted octanol–water partition coefficient (Wildman–Crippen LogP) is 1.80. The summed E-state index contributed by atoms with van der Waals surface area (Å²) in [6.07, 6.45) is 2.31. The number of hydrogen-bond donors (Lipinski definition) is 2. The molecule has 0 radical (unpaired) electrons. The lowest BCUT2D eigenvalue weighted by Gasteiger charge is -2.16. The summed E-state index contributed by atoms with van der Waals surface area (Å²) in [4.78, 5) is 10.2. The van der Waals surface area contributed by atoms with Gasteiger partial charge in [-0.25, -0.2) is 9.97 Å². The second kappa shape index (κ2) is 7.53. The minimum atomic E-state index is 0.546. The zero-order valence-corrected chi connectivity index (χ0v) is 14.0. The molecular formula is C16H23N5O2. The average Bonchev–Trinajstić information content (AvgIpc) is 2.56. The van der Waals surface area contributed by atoms with Crippen LogP contribution in [-0.2, 0) is 6.42 Å². The summed E-state index contributed by atoms with van der Waals surface area (Å²) in [6, 6.07) is 5.88. The van der Waals surface area contributed by atoms with Gasteiger partial charge in [0.25, 0.3) is 0 Å². The van der Waals surface area contributed by atoms with Crippen molar-refractivity contribution in [3.05, 3.63) is 30.1 Å². The van der Waals surface area contributed by atoms with E-state index in [4.69, 9.17) is 15.2 Å². The van der Waals surface area contributed by atoms with E-state index in [9.17, 15) is 0 Å². The third kappa shape index (κ3) is 3.94. The molecule has 7 nitrogen and oxygen atoms in total. The number of benzene rings is 1. The fourth-order valence-corrected chi connectivity index (χ4v) is 2.24. The lowest BCUT2D eigenvalue weighted by Crippen LogP contribution is -2.16. The maximum Gasteiger partial charge on any atom is 0.160 e. The third-order valence-electron chi connectivity index (χ3n) is 3.44. The lowest BCUT2D eigenvalue weighted by molar-refractivity contribution is 0.354. The van der Waals surface area contributed by atoms with Gasteiger partial charge in [-0.3, -0.25) is 0 Å². The Hall–Kier alpha value is -2.70. The summed E-state index contributed by atoms with van der Waals surface area (Å²) in [6.45, 7) is 0.698. The predicted molar refractivity (Wildman–Crippen MR) is 92.5 cm³/mol. The Morgan fingerprint density at radius 2 is 1.87 bits per heavy atom. The molecule has 0 aliphatic heterocycles. The molecule has 0 aliphatic carbocycles. The number of nitrogens with zero attached hydrogens (tertiary/aromatic N) is 3. The minimum absolute atomic E-state index is 0.546. The number of aromatic nitrogens is 2. The molecular weight excluding hydrogens is 294 g/mol. The fourth-order valence-electron chi connectivity index (χ4n) is 2.24. The van der Waals surface area contributed by atoms with Crippen molar-refractivity contribution in [1.82, 2.24) is 9.97 Å². The molecule has 0 aliphatic rings. The summed E-state index contributed by atoms with van der Waals surface area (Å²) < 4.78 is 10.5. The van der Waals surface area contributed by atoms with E-state index in [0.717, 1.165) is 23.5 Å². The highest BCUT2D eigenvalue weighted by Gasteiger charge is 2.09. The molecule has 2 aromatic rings. The quantitative estimate of drug-likeness (QED) is 0.805. The molecule has 0 fully saturated rings. The van der Waals surface area contributed by atoms with E-state index in [-0.39, 0.29) is 0 Å². The van der Waals surface area contributed by atoms with Crippen LogP contribution in [0.15, 0.2) is 24.5 Å². The highest BCUT2D eigenvalue weighted by atomic mass is 16.5. The summed E-state index contributed by atoms with van der Waals surface area (Å²) in [5.74, 6) is 2.79. The molecule has 3 N–H and O–H groups in total. The number of nitrogens with one attached hydrogen (secondary N) is 1. The number of nitrogens with two attached hydrogens (primary N) is 1. The number of methoxy groups -OCH3 is 2. The first-order valence-electron chi connectivity index (χ1n) is 7.29. The van der Waals surface area contributed by atoms with E-state index in [1.54, 1.807) is 14.2 Å². The molecule has 7 heteroatoms. The van der Waals surface area contributed by atoms with E-state index in [1.807, 2.05) is 37.2 Å². The smallest absolute Gasteiger partial charge is 0.160 e. The highest BCUT2D eigenvalue weighted by molar-refractivity contribution is 5.74. The second-order valence-corrected chi connectivity index (χ2v) is 5.22. The van der Waals surface area contributed by atoms with Crippen LogP contribution in [0.5, 0.6) is 11.5 Å². The second-order valence-electron chi connectivity index (χ2n) is 5.22. The van der Waals surface area contributed by atoms with Crippen LogP contribution in [-0.4, -0.2) is 44.8 Å². The van der Waals surface area contributed by atoms with Crippen LogP contribution in [0, 0.1) is 0 Å². The van der Waals surface area contributed by atoms with Gasteiger partial charge in [-0.2, -0.15) is 0 Å². The first kappa shape index (κ1) is 16.7. The highest BCUT2D eigenvalue weighted by Crippen LogP contribution is 2.28. The molecule has 1 heterocycles. The number of nitrogen functional groups attached to an aromatic ring is 1. The Labute approximate surface area is 136 Å². The van der Waals surface area contributed by atoms with Crippen molar-refractivity contribution in [2.45, 2.75) is 6.42 Å². The van der Waals surface area contributed by atoms with Gasteiger partial charge >= 0.3 is 0 Å². The van der Waals surface area contributed by atoms with Crippen molar-refractivity contribution in [2.24, 2.45) is 0 Å². The Balaban J connectivity index is 2.02.